The lowest BCUT2D eigenvalue weighted by molar-refractivity contribution is 0.236. The largest absolute Gasteiger partial charge is 0.341 e. The molecule has 5 rings (SSSR count). The Morgan fingerprint density at radius 3 is 2.78 bits per heavy atom. The fourth-order valence-electron chi connectivity index (χ4n) is 3.62. The first kappa shape index (κ1) is 16.4. The van der Waals surface area contributed by atoms with E-state index in [0.29, 0.717) is 19.0 Å². The van der Waals surface area contributed by atoms with Crippen molar-refractivity contribution in [3.63, 3.8) is 0 Å². The number of hydrogen-bond donors (Lipinski definition) is 2. The lowest BCUT2D eigenvalue weighted by atomic mass is 10.1. The number of nitrogens with zero attached hydrogens (tertiary/aromatic N) is 3. The molecule has 7 heteroatoms. The molecule has 2 aliphatic rings. The minimum Gasteiger partial charge on any atom is -0.341 e. The highest BCUT2D eigenvalue weighted by atomic mass is 19.1. The van der Waals surface area contributed by atoms with Crippen LogP contribution in [0.5, 0.6) is 0 Å². The van der Waals surface area contributed by atoms with Crippen LogP contribution < -0.4 is 5.56 Å². The van der Waals surface area contributed by atoms with E-state index < -0.39 is 0 Å². The number of nitrogens with one attached hydrogen (secondary N) is 2. The monoisotopic (exact) mass is 365 g/mol. The molecule has 1 saturated carbocycles. The standard InChI is InChI=1S/C20H20FN5O/c21-14-5-3-12(4-6-14)17-9-22-18(23-17)11-26-8-7-16-15(10-26)20(27)25-19(24-16)13-1-2-13/h3-6,9,13H,1-2,7-8,10-11H2,(H,22,23)(H,24,25,27). The summed E-state index contributed by atoms with van der Waals surface area (Å²) in [7, 11) is 0. The van der Waals surface area contributed by atoms with Crippen molar-refractivity contribution in [1.29, 1.82) is 0 Å². The average molecular weight is 365 g/mol. The van der Waals surface area contributed by atoms with E-state index in [2.05, 4.69) is 19.9 Å². The molecule has 0 spiro atoms. The van der Waals surface area contributed by atoms with Gasteiger partial charge in [0.2, 0.25) is 0 Å². The summed E-state index contributed by atoms with van der Waals surface area (Å²) in [6.45, 7) is 2.06. The van der Waals surface area contributed by atoms with Crippen molar-refractivity contribution in [3.8, 4) is 11.3 Å². The normalized spacial score (nSPS) is 17.1. The van der Waals surface area contributed by atoms with Crippen LogP contribution in [0.3, 0.4) is 0 Å². The second-order valence-corrected chi connectivity index (χ2v) is 7.36. The average Bonchev–Trinajstić information content (AvgIpc) is 3.42. The number of hydrogen-bond acceptors (Lipinski definition) is 4. The molecule has 1 fully saturated rings. The number of aromatic nitrogens is 4. The summed E-state index contributed by atoms with van der Waals surface area (Å²) in [5, 5.41) is 0. The third-order valence-electron chi connectivity index (χ3n) is 5.29. The van der Waals surface area contributed by atoms with Crippen molar-refractivity contribution < 1.29 is 4.39 Å². The number of rotatable bonds is 4. The van der Waals surface area contributed by atoms with Crippen LogP contribution in [-0.2, 0) is 19.5 Å². The highest BCUT2D eigenvalue weighted by Gasteiger charge is 2.29. The molecular formula is C20H20FN5O. The van der Waals surface area contributed by atoms with E-state index in [0.717, 1.165) is 60.0 Å². The zero-order valence-corrected chi connectivity index (χ0v) is 14.8. The van der Waals surface area contributed by atoms with Gasteiger partial charge in [-0.2, -0.15) is 0 Å². The van der Waals surface area contributed by atoms with Gasteiger partial charge >= 0.3 is 0 Å². The highest BCUT2D eigenvalue weighted by Crippen LogP contribution is 2.37. The van der Waals surface area contributed by atoms with Crippen LogP contribution in [0.4, 0.5) is 4.39 Å². The predicted molar refractivity (Wildman–Crippen MR) is 98.6 cm³/mol. The topological polar surface area (TPSA) is 77.7 Å². The van der Waals surface area contributed by atoms with Gasteiger partial charge in [-0.25, -0.2) is 14.4 Å². The van der Waals surface area contributed by atoms with Crippen LogP contribution in [-0.4, -0.2) is 31.4 Å². The quantitative estimate of drug-likeness (QED) is 0.745. The van der Waals surface area contributed by atoms with Gasteiger partial charge in [0.1, 0.15) is 17.5 Å². The highest BCUT2D eigenvalue weighted by molar-refractivity contribution is 5.58. The van der Waals surface area contributed by atoms with Crippen molar-refractivity contribution in [2.45, 2.75) is 38.3 Å². The van der Waals surface area contributed by atoms with Crippen molar-refractivity contribution in [2.75, 3.05) is 6.54 Å². The zero-order chi connectivity index (χ0) is 18.4. The van der Waals surface area contributed by atoms with Gasteiger partial charge in [-0.05, 0) is 42.7 Å². The second kappa shape index (κ2) is 6.42. The van der Waals surface area contributed by atoms with Crippen LogP contribution >= 0.6 is 0 Å². The Morgan fingerprint density at radius 2 is 2.00 bits per heavy atom. The SMILES string of the molecule is O=c1[nH]c(C2CC2)nc2c1CN(Cc1ncc(-c3ccc(F)cc3)[nH]1)CC2. The molecule has 1 aromatic carbocycles. The molecule has 0 bridgehead atoms. The number of aromatic amines is 2. The van der Waals surface area contributed by atoms with Gasteiger partial charge in [0, 0.05) is 25.4 Å². The van der Waals surface area contributed by atoms with E-state index >= 15 is 0 Å². The summed E-state index contributed by atoms with van der Waals surface area (Å²) in [6, 6.07) is 6.33. The molecule has 0 amide bonds. The molecule has 0 unspecified atom stereocenters. The maximum Gasteiger partial charge on any atom is 0.255 e. The molecule has 0 radical (unpaired) electrons. The van der Waals surface area contributed by atoms with Crippen molar-refractivity contribution in [1.82, 2.24) is 24.8 Å². The molecule has 2 aromatic heterocycles. The van der Waals surface area contributed by atoms with E-state index in [1.165, 1.54) is 12.1 Å². The number of halogens is 1. The molecule has 6 nitrogen and oxygen atoms in total. The Morgan fingerprint density at radius 1 is 1.19 bits per heavy atom. The fourth-order valence-corrected chi connectivity index (χ4v) is 3.62. The first-order valence-electron chi connectivity index (χ1n) is 9.30. The molecule has 0 saturated heterocycles. The van der Waals surface area contributed by atoms with E-state index in [-0.39, 0.29) is 11.4 Å². The van der Waals surface area contributed by atoms with Crippen LogP contribution in [0, 0.1) is 5.82 Å². The smallest absolute Gasteiger partial charge is 0.255 e. The van der Waals surface area contributed by atoms with E-state index in [1.807, 2.05) is 0 Å². The molecule has 3 aromatic rings. The van der Waals surface area contributed by atoms with Gasteiger partial charge in [0.25, 0.3) is 5.56 Å². The van der Waals surface area contributed by atoms with Crippen molar-refractivity contribution >= 4 is 0 Å². The maximum absolute atomic E-state index is 13.1. The Bertz CT molecular complexity index is 1040. The van der Waals surface area contributed by atoms with Crippen molar-refractivity contribution in [2.24, 2.45) is 0 Å². The predicted octanol–water partition coefficient (Wildman–Crippen LogP) is 2.73. The second-order valence-electron chi connectivity index (χ2n) is 7.36. The van der Waals surface area contributed by atoms with Gasteiger partial charge in [-0.15, -0.1) is 0 Å². The van der Waals surface area contributed by atoms with Gasteiger partial charge in [0.15, 0.2) is 0 Å². The molecular weight excluding hydrogens is 345 g/mol. The number of imidazole rings is 1. The minimum atomic E-state index is -0.255. The Hall–Kier alpha value is -2.80. The number of benzene rings is 1. The molecule has 27 heavy (non-hydrogen) atoms. The summed E-state index contributed by atoms with van der Waals surface area (Å²) in [4.78, 5) is 30.0. The summed E-state index contributed by atoms with van der Waals surface area (Å²) < 4.78 is 13.1. The Kier molecular flexibility index (Phi) is 3.89. The van der Waals surface area contributed by atoms with Crippen molar-refractivity contribution in [3.05, 3.63) is 69.5 Å². The number of fused-ring (bicyclic) bond motifs is 1. The lowest BCUT2D eigenvalue weighted by Crippen LogP contribution is -2.36. The summed E-state index contributed by atoms with van der Waals surface area (Å²) in [5.74, 6) is 1.89. The van der Waals surface area contributed by atoms with E-state index in [9.17, 15) is 9.18 Å². The van der Waals surface area contributed by atoms with Gasteiger partial charge in [-0.3, -0.25) is 9.69 Å². The van der Waals surface area contributed by atoms with Gasteiger partial charge in [0.05, 0.1) is 29.7 Å². The van der Waals surface area contributed by atoms with E-state index in [1.54, 1.807) is 18.3 Å². The minimum absolute atomic E-state index is 0.00181. The summed E-state index contributed by atoms with van der Waals surface area (Å²) in [6.07, 6.45) is 4.80. The molecule has 3 heterocycles. The van der Waals surface area contributed by atoms with Crippen LogP contribution in [0.25, 0.3) is 11.3 Å². The Labute approximate surface area is 155 Å². The fraction of sp³-hybridized carbons (Fsp3) is 0.350. The molecule has 2 N–H and O–H groups in total. The van der Waals surface area contributed by atoms with Crippen LogP contribution in [0.1, 0.15) is 41.7 Å². The number of H-pyrrole nitrogens is 2. The van der Waals surface area contributed by atoms with Gasteiger partial charge < -0.3 is 9.97 Å². The van der Waals surface area contributed by atoms with Crippen LogP contribution in [0.15, 0.2) is 35.3 Å². The molecule has 138 valence electrons. The maximum atomic E-state index is 13.1. The third kappa shape index (κ3) is 3.30. The van der Waals surface area contributed by atoms with E-state index in [4.69, 9.17) is 4.98 Å². The first-order valence-corrected chi connectivity index (χ1v) is 9.30. The molecule has 1 aliphatic carbocycles. The summed E-state index contributed by atoms with van der Waals surface area (Å²) in [5.41, 5.74) is 3.47. The first-order chi connectivity index (χ1) is 13.2. The lowest BCUT2D eigenvalue weighted by Gasteiger charge is -2.26. The molecule has 0 atom stereocenters. The Balaban J connectivity index is 1.31. The zero-order valence-electron chi connectivity index (χ0n) is 14.8. The molecule has 1 aliphatic heterocycles. The summed E-state index contributed by atoms with van der Waals surface area (Å²) >= 11 is 0. The van der Waals surface area contributed by atoms with Gasteiger partial charge in [-0.1, -0.05) is 0 Å². The third-order valence-corrected chi connectivity index (χ3v) is 5.29. The van der Waals surface area contributed by atoms with Crippen LogP contribution in [0.2, 0.25) is 0 Å².